The van der Waals surface area contributed by atoms with Crippen LogP contribution in [-0.4, -0.2) is 58.1 Å². The van der Waals surface area contributed by atoms with E-state index in [2.05, 4.69) is 29.7 Å². The van der Waals surface area contributed by atoms with Gasteiger partial charge < -0.3 is 14.9 Å². The Hall–Kier alpha value is -1.10. The van der Waals surface area contributed by atoms with Crippen molar-refractivity contribution in [3.63, 3.8) is 0 Å². The summed E-state index contributed by atoms with van der Waals surface area (Å²) in [6.07, 6.45) is 8.18. The summed E-state index contributed by atoms with van der Waals surface area (Å²) < 4.78 is 0. The molecule has 0 spiro atoms. The second-order valence-corrected chi connectivity index (χ2v) is 10.1. The Morgan fingerprint density at radius 2 is 1.87 bits per heavy atom. The molecule has 0 radical (unpaired) electrons. The van der Waals surface area contributed by atoms with Gasteiger partial charge in [0.25, 0.3) is 0 Å². The zero-order valence-corrected chi connectivity index (χ0v) is 19.7. The lowest BCUT2D eigenvalue weighted by Crippen LogP contribution is -2.56. The van der Waals surface area contributed by atoms with Gasteiger partial charge in [0, 0.05) is 36.7 Å². The van der Waals surface area contributed by atoms with Gasteiger partial charge in [0.05, 0.1) is 11.5 Å². The zero-order valence-electron chi connectivity index (χ0n) is 18.9. The molecule has 2 aliphatic rings. The van der Waals surface area contributed by atoms with Crippen LogP contribution in [-0.2, 0) is 11.2 Å². The number of halogens is 1. The highest BCUT2D eigenvalue weighted by atomic mass is 35.5. The number of hydrogen-bond acceptors (Lipinski definition) is 3. The Kier molecular flexibility index (Phi) is 8.23. The predicted octanol–water partition coefficient (Wildman–Crippen LogP) is 4.92. The molecule has 4 nitrogen and oxygen atoms in total. The first kappa shape index (κ1) is 23.6. The van der Waals surface area contributed by atoms with Gasteiger partial charge in [0.1, 0.15) is 0 Å². The van der Waals surface area contributed by atoms with Crippen molar-refractivity contribution < 1.29 is 9.90 Å². The summed E-state index contributed by atoms with van der Waals surface area (Å²) in [6, 6.07) is 8.55. The van der Waals surface area contributed by atoms with Crippen molar-refractivity contribution in [2.75, 3.05) is 19.6 Å². The minimum atomic E-state index is -0.897. The summed E-state index contributed by atoms with van der Waals surface area (Å²) in [5, 5.41) is 12.2. The minimum absolute atomic E-state index is 0.145. The Labute approximate surface area is 187 Å². The molecule has 1 aromatic carbocycles. The van der Waals surface area contributed by atoms with Crippen LogP contribution in [0.5, 0.6) is 0 Å². The van der Waals surface area contributed by atoms with Crippen molar-refractivity contribution >= 4 is 17.5 Å². The first-order valence-corrected chi connectivity index (χ1v) is 12.2. The first-order chi connectivity index (χ1) is 14.3. The van der Waals surface area contributed by atoms with Crippen LogP contribution in [0.4, 0.5) is 0 Å². The highest BCUT2D eigenvalue weighted by Crippen LogP contribution is 2.34. The van der Waals surface area contributed by atoms with Crippen molar-refractivity contribution in [2.45, 2.75) is 89.8 Å². The van der Waals surface area contributed by atoms with Gasteiger partial charge >= 0.3 is 0 Å². The molecule has 0 aromatic heterocycles. The third-order valence-electron chi connectivity index (χ3n) is 7.28. The van der Waals surface area contributed by atoms with E-state index in [-0.39, 0.29) is 17.9 Å². The second-order valence-electron chi connectivity index (χ2n) is 9.68. The van der Waals surface area contributed by atoms with E-state index in [4.69, 9.17) is 11.6 Å². The molecule has 1 aromatic rings. The molecule has 1 heterocycles. The maximum Gasteiger partial charge on any atom is 0.228 e. The van der Waals surface area contributed by atoms with E-state index >= 15 is 0 Å². The van der Waals surface area contributed by atoms with Gasteiger partial charge in [-0.15, -0.1) is 0 Å². The van der Waals surface area contributed by atoms with Gasteiger partial charge in [0.15, 0.2) is 0 Å². The van der Waals surface area contributed by atoms with Gasteiger partial charge in [-0.25, -0.2) is 0 Å². The molecule has 1 N–H and O–H groups in total. The third kappa shape index (κ3) is 5.77. The number of hydrogen-bond donors (Lipinski definition) is 1. The Morgan fingerprint density at radius 1 is 1.20 bits per heavy atom. The molecule has 1 atom stereocenters. The molecule has 1 aliphatic carbocycles. The van der Waals surface area contributed by atoms with Gasteiger partial charge in [-0.3, -0.25) is 4.79 Å². The number of aliphatic hydroxyl groups is 1. The average Bonchev–Trinajstić information content (AvgIpc) is 2.73. The standard InChI is InChI=1S/C25H39ClN2O2/c1-19(2)28(23-10-5-4-6-11-23)24(29)20(3)25(30)13-16-27(17-14-25)15-12-21-8-7-9-22(26)18-21/h7-9,18-20,23,30H,4-6,10-17H2,1-3H3. The molecule has 1 saturated carbocycles. The SMILES string of the molecule is CC(C)N(C(=O)C(C)C1(O)CCN(CCc2cccc(Cl)c2)CC1)C1CCCCC1. The Bertz CT molecular complexity index is 694. The van der Waals surface area contributed by atoms with Crippen LogP contribution in [0.2, 0.25) is 5.02 Å². The number of amides is 1. The number of likely N-dealkylation sites (tertiary alicyclic amines) is 1. The lowest BCUT2D eigenvalue weighted by Gasteiger charge is -2.45. The average molecular weight is 435 g/mol. The third-order valence-corrected chi connectivity index (χ3v) is 7.52. The maximum absolute atomic E-state index is 13.5. The maximum atomic E-state index is 13.5. The van der Waals surface area contributed by atoms with Crippen LogP contribution in [0.3, 0.4) is 0 Å². The summed E-state index contributed by atoms with van der Waals surface area (Å²) in [5.41, 5.74) is 0.345. The number of piperidine rings is 1. The first-order valence-electron chi connectivity index (χ1n) is 11.8. The molecule has 3 rings (SSSR count). The lowest BCUT2D eigenvalue weighted by atomic mass is 9.79. The van der Waals surface area contributed by atoms with Gasteiger partial charge in [-0.05, 0) is 63.6 Å². The van der Waals surface area contributed by atoms with E-state index in [1.807, 2.05) is 25.1 Å². The molecule has 0 bridgehead atoms. The van der Waals surface area contributed by atoms with Gasteiger partial charge in [-0.2, -0.15) is 0 Å². The number of carbonyl (C=O) groups excluding carboxylic acids is 1. The smallest absolute Gasteiger partial charge is 0.228 e. The quantitative estimate of drug-likeness (QED) is 0.662. The molecular formula is C25H39ClN2O2. The van der Waals surface area contributed by atoms with Gasteiger partial charge in [0.2, 0.25) is 5.91 Å². The van der Waals surface area contributed by atoms with Crippen molar-refractivity contribution in [2.24, 2.45) is 5.92 Å². The van der Waals surface area contributed by atoms with E-state index in [1.165, 1.54) is 24.8 Å². The Balaban J connectivity index is 1.55. The van der Waals surface area contributed by atoms with Crippen LogP contribution in [0, 0.1) is 5.92 Å². The molecular weight excluding hydrogens is 396 g/mol. The summed E-state index contributed by atoms with van der Waals surface area (Å²) in [7, 11) is 0. The van der Waals surface area contributed by atoms with Crippen molar-refractivity contribution in [1.29, 1.82) is 0 Å². The van der Waals surface area contributed by atoms with E-state index in [0.29, 0.717) is 18.9 Å². The minimum Gasteiger partial charge on any atom is -0.389 e. The summed E-state index contributed by atoms with van der Waals surface area (Å²) in [4.78, 5) is 17.9. The molecule has 168 valence electrons. The van der Waals surface area contributed by atoms with Crippen molar-refractivity contribution in [1.82, 2.24) is 9.80 Å². The number of benzene rings is 1. The Morgan fingerprint density at radius 3 is 2.47 bits per heavy atom. The molecule has 5 heteroatoms. The van der Waals surface area contributed by atoms with E-state index in [1.54, 1.807) is 0 Å². The number of nitrogens with zero attached hydrogens (tertiary/aromatic N) is 2. The van der Waals surface area contributed by atoms with Crippen molar-refractivity contribution in [3.05, 3.63) is 34.9 Å². The number of rotatable bonds is 7. The van der Waals surface area contributed by atoms with Crippen LogP contribution in [0.1, 0.15) is 71.3 Å². The second kappa shape index (κ2) is 10.5. The molecule has 1 amide bonds. The molecule has 1 saturated heterocycles. The highest BCUT2D eigenvalue weighted by Gasteiger charge is 2.43. The van der Waals surface area contributed by atoms with Crippen LogP contribution >= 0.6 is 11.6 Å². The van der Waals surface area contributed by atoms with Crippen molar-refractivity contribution in [3.8, 4) is 0 Å². The fourth-order valence-corrected chi connectivity index (χ4v) is 5.46. The fourth-order valence-electron chi connectivity index (χ4n) is 5.25. The van der Waals surface area contributed by atoms with E-state index in [9.17, 15) is 9.90 Å². The van der Waals surface area contributed by atoms with Gasteiger partial charge in [-0.1, -0.05) is 49.9 Å². The predicted molar refractivity (Wildman–Crippen MR) is 124 cm³/mol. The largest absolute Gasteiger partial charge is 0.389 e. The summed E-state index contributed by atoms with van der Waals surface area (Å²) in [6.45, 7) is 8.80. The monoisotopic (exact) mass is 434 g/mol. The molecule has 1 unspecified atom stereocenters. The lowest BCUT2D eigenvalue weighted by molar-refractivity contribution is -0.153. The van der Waals surface area contributed by atoms with Crippen LogP contribution in [0.25, 0.3) is 0 Å². The normalized spacial score (nSPS) is 21.5. The molecule has 1 aliphatic heterocycles. The fraction of sp³-hybridized carbons (Fsp3) is 0.720. The molecule has 30 heavy (non-hydrogen) atoms. The molecule has 2 fully saturated rings. The van der Waals surface area contributed by atoms with E-state index in [0.717, 1.165) is 43.9 Å². The zero-order chi connectivity index (χ0) is 21.7. The van der Waals surface area contributed by atoms with Crippen LogP contribution < -0.4 is 0 Å². The topological polar surface area (TPSA) is 43.8 Å². The number of carbonyl (C=O) groups is 1. The highest BCUT2D eigenvalue weighted by molar-refractivity contribution is 6.30. The van der Waals surface area contributed by atoms with Crippen LogP contribution in [0.15, 0.2) is 24.3 Å². The summed E-state index contributed by atoms with van der Waals surface area (Å²) >= 11 is 6.09. The summed E-state index contributed by atoms with van der Waals surface area (Å²) in [5.74, 6) is -0.205. The van der Waals surface area contributed by atoms with E-state index < -0.39 is 5.60 Å².